The van der Waals surface area contributed by atoms with Gasteiger partial charge in [0.1, 0.15) is 6.61 Å². The molecule has 1 aromatic carbocycles. The first-order chi connectivity index (χ1) is 8.54. The number of halogens is 1. The minimum Gasteiger partial charge on any atom is -0.395 e. The van der Waals surface area contributed by atoms with Gasteiger partial charge in [0.2, 0.25) is 0 Å². The van der Waals surface area contributed by atoms with Gasteiger partial charge in [-0.05, 0) is 25.5 Å². The predicted octanol–water partition coefficient (Wildman–Crippen LogP) is 2.80. The third-order valence-electron chi connectivity index (χ3n) is 3.03. The summed E-state index contributed by atoms with van der Waals surface area (Å²) in [5.74, 6) is 0.472. The van der Waals surface area contributed by atoms with E-state index in [0.717, 1.165) is 16.8 Å². The Kier molecular flexibility index (Phi) is 3.52. The Labute approximate surface area is 110 Å². The molecule has 96 valence electrons. The molecule has 1 heterocycles. The summed E-state index contributed by atoms with van der Waals surface area (Å²) in [7, 11) is 0. The molecule has 1 unspecified atom stereocenters. The third kappa shape index (κ3) is 2.18. The first kappa shape index (κ1) is 12.8. The van der Waals surface area contributed by atoms with E-state index in [0.29, 0.717) is 18.1 Å². The summed E-state index contributed by atoms with van der Waals surface area (Å²) in [6.07, 6.45) is 0. The fourth-order valence-corrected chi connectivity index (χ4v) is 2.25. The van der Waals surface area contributed by atoms with Gasteiger partial charge in [0.05, 0.1) is 16.6 Å². The maximum absolute atomic E-state index is 10.9. The van der Waals surface area contributed by atoms with E-state index in [2.05, 4.69) is 5.16 Å². The van der Waals surface area contributed by atoms with Crippen molar-refractivity contribution in [3.05, 3.63) is 38.9 Å². The third-order valence-corrected chi connectivity index (χ3v) is 3.40. The quantitative estimate of drug-likeness (QED) is 0.481. The van der Waals surface area contributed by atoms with Crippen LogP contribution >= 0.6 is 11.6 Å². The normalized spacial score (nSPS) is 18.4. The molecule has 0 spiro atoms. The van der Waals surface area contributed by atoms with E-state index in [-0.39, 0.29) is 16.5 Å². The number of nitro groups is 1. The molecule has 2 rings (SSSR count). The molecule has 6 heteroatoms. The summed E-state index contributed by atoms with van der Waals surface area (Å²) in [5, 5.41) is 14.9. The molecule has 5 nitrogen and oxygen atoms in total. The van der Waals surface area contributed by atoms with E-state index in [1.165, 1.54) is 0 Å². The Morgan fingerprint density at radius 2 is 2.22 bits per heavy atom. The van der Waals surface area contributed by atoms with Crippen LogP contribution in [0, 0.1) is 29.9 Å². The molecule has 0 bridgehead atoms. The van der Waals surface area contributed by atoms with Crippen LogP contribution in [0.5, 0.6) is 0 Å². The second-order valence-corrected chi connectivity index (χ2v) is 4.64. The lowest BCUT2D eigenvalue weighted by Crippen LogP contribution is -2.17. The van der Waals surface area contributed by atoms with Gasteiger partial charge in [0, 0.05) is 23.1 Å². The number of nitro benzene ring substituents is 1. The fourth-order valence-electron chi connectivity index (χ4n) is 2.01. The zero-order valence-corrected chi connectivity index (χ0v) is 10.9. The van der Waals surface area contributed by atoms with Gasteiger partial charge in [-0.1, -0.05) is 5.16 Å². The SMILES string of the molecule is Cc1cc([N+](=O)[O-])c(C)cc1C1=NOCC1CCl. The minimum atomic E-state index is -0.377. The van der Waals surface area contributed by atoms with Crippen LogP contribution in [0.15, 0.2) is 17.3 Å². The van der Waals surface area contributed by atoms with E-state index in [4.69, 9.17) is 16.4 Å². The van der Waals surface area contributed by atoms with E-state index >= 15 is 0 Å². The standard InChI is InChI=1S/C12H13ClN2O3/c1-7-4-11(15(16)17)8(2)3-10(7)12-9(5-13)6-18-14-12/h3-4,9H,5-6H2,1-2H3. The number of hydrogen-bond acceptors (Lipinski definition) is 4. The average Bonchev–Trinajstić information content (AvgIpc) is 2.79. The van der Waals surface area contributed by atoms with Crippen molar-refractivity contribution in [2.75, 3.05) is 12.5 Å². The van der Waals surface area contributed by atoms with Gasteiger partial charge in [-0.15, -0.1) is 11.6 Å². The van der Waals surface area contributed by atoms with Crippen LogP contribution in [-0.2, 0) is 4.84 Å². The molecule has 0 saturated carbocycles. The zero-order chi connectivity index (χ0) is 13.3. The Hall–Kier alpha value is -1.62. The van der Waals surface area contributed by atoms with Crippen LogP contribution < -0.4 is 0 Å². The number of nitrogens with zero attached hydrogens (tertiary/aromatic N) is 2. The molecule has 0 aromatic heterocycles. The monoisotopic (exact) mass is 268 g/mol. The molecular formula is C12H13ClN2O3. The Bertz CT molecular complexity index is 528. The Morgan fingerprint density at radius 3 is 2.83 bits per heavy atom. The van der Waals surface area contributed by atoms with E-state index in [9.17, 15) is 10.1 Å². The summed E-state index contributed by atoms with van der Waals surface area (Å²) in [5.41, 5.74) is 3.20. The summed E-state index contributed by atoms with van der Waals surface area (Å²) in [6.45, 7) is 4.01. The number of rotatable bonds is 3. The topological polar surface area (TPSA) is 64.7 Å². The van der Waals surface area contributed by atoms with Gasteiger partial charge >= 0.3 is 0 Å². The molecule has 0 N–H and O–H groups in total. The lowest BCUT2D eigenvalue weighted by molar-refractivity contribution is -0.385. The second-order valence-electron chi connectivity index (χ2n) is 4.33. The van der Waals surface area contributed by atoms with Crippen molar-refractivity contribution in [2.45, 2.75) is 13.8 Å². The smallest absolute Gasteiger partial charge is 0.272 e. The number of benzene rings is 1. The van der Waals surface area contributed by atoms with E-state index in [1.807, 2.05) is 6.92 Å². The van der Waals surface area contributed by atoms with Gasteiger partial charge in [-0.25, -0.2) is 0 Å². The Morgan fingerprint density at radius 1 is 1.50 bits per heavy atom. The highest BCUT2D eigenvalue weighted by Crippen LogP contribution is 2.27. The highest BCUT2D eigenvalue weighted by Gasteiger charge is 2.26. The van der Waals surface area contributed by atoms with Crippen LogP contribution in [-0.4, -0.2) is 23.1 Å². The molecule has 1 atom stereocenters. The largest absolute Gasteiger partial charge is 0.395 e. The van der Waals surface area contributed by atoms with Crippen LogP contribution in [0.3, 0.4) is 0 Å². The number of oxime groups is 1. The highest BCUT2D eigenvalue weighted by atomic mass is 35.5. The van der Waals surface area contributed by atoms with Crippen LogP contribution in [0.25, 0.3) is 0 Å². The first-order valence-corrected chi connectivity index (χ1v) is 6.10. The summed E-state index contributed by atoms with van der Waals surface area (Å²) < 4.78 is 0. The molecule has 0 amide bonds. The van der Waals surface area contributed by atoms with Crippen molar-refractivity contribution in [1.82, 2.24) is 0 Å². The number of hydrogen-bond donors (Lipinski definition) is 0. The zero-order valence-electron chi connectivity index (χ0n) is 10.1. The molecule has 0 saturated heterocycles. The van der Waals surface area contributed by atoms with Crippen molar-refractivity contribution in [3.63, 3.8) is 0 Å². The first-order valence-electron chi connectivity index (χ1n) is 5.56. The molecule has 0 radical (unpaired) electrons. The van der Waals surface area contributed by atoms with Crippen LogP contribution in [0.2, 0.25) is 0 Å². The maximum Gasteiger partial charge on any atom is 0.272 e. The van der Waals surface area contributed by atoms with Gasteiger partial charge in [0.25, 0.3) is 5.69 Å². The van der Waals surface area contributed by atoms with Gasteiger partial charge < -0.3 is 4.84 Å². The van der Waals surface area contributed by atoms with Crippen molar-refractivity contribution in [1.29, 1.82) is 0 Å². The van der Waals surface area contributed by atoms with Crippen molar-refractivity contribution < 1.29 is 9.76 Å². The molecule has 18 heavy (non-hydrogen) atoms. The van der Waals surface area contributed by atoms with Gasteiger partial charge in [0.15, 0.2) is 0 Å². The summed E-state index contributed by atoms with van der Waals surface area (Å²) >= 11 is 5.86. The fraction of sp³-hybridized carbons (Fsp3) is 0.417. The van der Waals surface area contributed by atoms with Crippen molar-refractivity contribution in [3.8, 4) is 0 Å². The number of alkyl halides is 1. The Balaban J connectivity index is 2.47. The van der Waals surface area contributed by atoms with E-state index < -0.39 is 0 Å². The predicted molar refractivity (Wildman–Crippen MR) is 69.3 cm³/mol. The molecular weight excluding hydrogens is 256 g/mol. The molecule has 1 aliphatic rings. The molecule has 0 fully saturated rings. The average molecular weight is 269 g/mol. The van der Waals surface area contributed by atoms with Crippen molar-refractivity contribution >= 4 is 23.0 Å². The van der Waals surface area contributed by atoms with E-state index in [1.54, 1.807) is 19.1 Å². The van der Waals surface area contributed by atoms with Gasteiger partial charge in [-0.2, -0.15) is 0 Å². The molecule has 1 aliphatic heterocycles. The maximum atomic E-state index is 10.9. The van der Waals surface area contributed by atoms with Crippen LogP contribution in [0.4, 0.5) is 5.69 Å². The van der Waals surface area contributed by atoms with Crippen molar-refractivity contribution in [2.24, 2.45) is 11.1 Å². The lowest BCUT2D eigenvalue weighted by Gasteiger charge is -2.10. The number of aryl methyl sites for hydroxylation is 2. The minimum absolute atomic E-state index is 0.0474. The van der Waals surface area contributed by atoms with Crippen LogP contribution in [0.1, 0.15) is 16.7 Å². The highest BCUT2D eigenvalue weighted by molar-refractivity contribution is 6.21. The molecule has 0 aliphatic carbocycles. The second kappa shape index (κ2) is 4.94. The molecule has 1 aromatic rings. The summed E-state index contributed by atoms with van der Waals surface area (Å²) in [4.78, 5) is 15.5. The lowest BCUT2D eigenvalue weighted by atomic mass is 9.93. The van der Waals surface area contributed by atoms with Gasteiger partial charge in [-0.3, -0.25) is 10.1 Å². The summed E-state index contributed by atoms with van der Waals surface area (Å²) in [6, 6.07) is 3.34.